The third kappa shape index (κ3) is 2.96. The molecule has 0 heterocycles. The molecule has 0 bridgehead atoms. The summed E-state index contributed by atoms with van der Waals surface area (Å²) in [5.74, 6) is -1.63. The van der Waals surface area contributed by atoms with Crippen LogP contribution < -0.4 is 0 Å². The number of carbonyl (C=O) groups excluding carboxylic acids is 1. The Balaban J connectivity index is 2.23. The van der Waals surface area contributed by atoms with Crippen LogP contribution in [0.15, 0.2) is 42.5 Å². The van der Waals surface area contributed by atoms with Crippen molar-refractivity contribution in [2.45, 2.75) is 6.54 Å². The minimum Gasteiger partial charge on any atom is -0.337 e. The Morgan fingerprint density at radius 3 is 2.40 bits per heavy atom. The van der Waals surface area contributed by atoms with E-state index >= 15 is 0 Å². The molecule has 0 aliphatic carbocycles. The van der Waals surface area contributed by atoms with Crippen LogP contribution >= 0.6 is 11.6 Å². The normalized spacial score (nSPS) is 10.4. The van der Waals surface area contributed by atoms with Gasteiger partial charge in [0.2, 0.25) is 0 Å². The van der Waals surface area contributed by atoms with Crippen molar-refractivity contribution in [1.82, 2.24) is 4.90 Å². The number of benzene rings is 2. The fourth-order valence-electron chi connectivity index (χ4n) is 1.83. The smallest absolute Gasteiger partial charge is 0.256 e. The first kappa shape index (κ1) is 14.5. The highest BCUT2D eigenvalue weighted by molar-refractivity contribution is 6.31. The predicted molar refractivity (Wildman–Crippen MR) is 73.6 cm³/mol. The van der Waals surface area contributed by atoms with Crippen molar-refractivity contribution >= 4 is 17.5 Å². The molecule has 2 nitrogen and oxygen atoms in total. The molecule has 0 unspecified atom stereocenters. The highest BCUT2D eigenvalue weighted by Crippen LogP contribution is 2.21. The van der Waals surface area contributed by atoms with Crippen LogP contribution in [-0.4, -0.2) is 17.9 Å². The Morgan fingerprint density at radius 1 is 1.10 bits per heavy atom. The third-order valence-electron chi connectivity index (χ3n) is 2.91. The minimum atomic E-state index is -0.607. The lowest BCUT2D eigenvalue weighted by Crippen LogP contribution is -2.27. The lowest BCUT2D eigenvalue weighted by molar-refractivity contribution is 0.0779. The average Bonchev–Trinajstić information content (AvgIpc) is 2.42. The molecule has 1 amide bonds. The van der Waals surface area contributed by atoms with Crippen LogP contribution in [-0.2, 0) is 6.54 Å². The van der Waals surface area contributed by atoms with E-state index in [9.17, 15) is 13.6 Å². The van der Waals surface area contributed by atoms with Crippen molar-refractivity contribution in [3.8, 4) is 0 Å². The average molecular weight is 296 g/mol. The Kier molecular flexibility index (Phi) is 4.35. The molecule has 0 aliphatic heterocycles. The first-order valence-electron chi connectivity index (χ1n) is 5.93. The predicted octanol–water partition coefficient (Wildman–Crippen LogP) is 3.89. The summed E-state index contributed by atoms with van der Waals surface area (Å²) in [5.41, 5.74) is 0.156. The summed E-state index contributed by atoms with van der Waals surface area (Å²) in [4.78, 5) is 13.3. The summed E-state index contributed by atoms with van der Waals surface area (Å²) in [6, 6.07) is 9.96. The van der Waals surface area contributed by atoms with Gasteiger partial charge in [-0.3, -0.25) is 4.79 Å². The highest BCUT2D eigenvalue weighted by atomic mass is 35.5. The van der Waals surface area contributed by atoms with Gasteiger partial charge in [0.05, 0.1) is 5.56 Å². The van der Waals surface area contributed by atoms with Crippen molar-refractivity contribution in [2.75, 3.05) is 7.05 Å². The summed E-state index contributed by atoms with van der Waals surface area (Å²) in [6.45, 7) is -0.0291. The third-order valence-corrected chi connectivity index (χ3v) is 3.26. The topological polar surface area (TPSA) is 20.3 Å². The van der Waals surface area contributed by atoms with E-state index in [2.05, 4.69) is 0 Å². The molecule has 2 aromatic carbocycles. The second kappa shape index (κ2) is 6.01. The van der Waals surface area contributed by atoms with Crippen molar-refractivity contribution in [1.29, 1.82) is 0 Å². The number of hydrogen-bond acceptors (Lipinski definition) is 1. The maximum atomic E-state index is 13.7. The van der Waals surface area contributed by atoms with E-state index in [0.29, 0.717) is 0 Å². The van der Waals surface area contributed by atoms with E-state index in [-0.39, 0.29) is 22.7 Å². The van der Waals surface area contributed by atoms with Gasteiger partial charge in [-0.05, 0) is 24.3 Å². The molecule has 2 rings (SSSR count). The zero-order valence-corrected chi connectivity index (χ0v) is 11.5. The quantitative estimate of drug-likeness (QED) is 0.841. The Labute approximate surface area is 120 Å². The molecule has 104 valence electrons. The van der Waals surface area contributed by atoms with E-state index < -0.39 is 17.5 Å². The van der Waals surface area contributed by atoms with Crippen LogP contribution in [0.1, 0.15) is 15.9 Å². The van der Waals surface area contributed by atoms with Crippen molar-refractivity contribution in [3.05, 3.63) is 70.2 Å². The number of rotatable bonds is 3. The second-order valence-corrected chi connectivity index (χ2v) is 4.75. The van der Waals surface area contributed by atoms with Gasteiger partial charge in [-0.2, -0.15) is 0 Å². The summed E-state index contributed by atoms with van der Waals surface area (Å²) < 4.78 is 27.2. The molecule has 0 N–H and O–H groups in total. The minimum absolute atomic E-state index is 0.0291. The van der Waals surface area contributed by atoms with Crippen molar-refractivity contribution < 1.29 is 13.6 Å². The van der Waals surface area contributed by atoms with E-state index in [0.717, 1.165) is 0 Å². The Bertz CT molecular complexity index is 625. The Morgan fingerprint density at radius 2 is 1.75 bits per heavy atom. The summed E-state index contributed by atoms with van der Waals surface area (Å²) in [6.07, 6.45) is 0. The first-order chi connectivity index (χ1) is 9.50. The standard InChI is InChI=1S/C15H12ClF2NO/c1-19(9-11-12(16)6-4-8-14(11)18)15(20)10-5-2-3-7-13(10)17/h2-8H,9H2,1H3. The largest absolute Gasteiger partial charge is 0.337 e. The van der Waals surface area contributed by atoms with Gasteiger partial charge < -0.3 is 4.90 Å². The van der Waals surface area contributed by atoms with E-state index in [4.69, 9.17) is 11.6 Å². The van der Waals surface area contributed by atoms with Crippen LogP contribution in [0.2, 0.25) is 5.02 Å². The molecule has 0 radical (unpaired) electrons. The van der Waals surface area contributed by atoms with Crippen molar-refractivity contribution in [3.63, 3.8) is 0 Å². The number of halogens is 3. The second-order valence-electron chi connectivity index (χ2n) is 4.34. The highest BCUT2D eigenvalue weighted by Gasteiger charge is 2.18. The van der Waals surface area contributed by atoms with E-state index in [1.54, 1.807) is 12.1 Å². The van der Waals surface area contributed by atoms with E-state index in [1.807, 2.05) is 0 Å². The number of hydrogen-bond donors (Lipinski definition) is 0. The molecule has 0 saturated heterocycles. The van der Waals surface area contributed by atoms with Crippen LogP contribution in [0.4, 0.5) is 8.78 Å². The van der Waals surface area contributed by atoms with Gasteiger partial charge in [0, 0.05) is 24.2 Å². The van der Waals surface area contributed by atoms with Gasteiger partial charge in [-0.15, -0.1) is 0 Å². The molecule has 5 heteroatoms. The van der Waals surface area contributed by atoms with Crippen LogP contribution in [0.5, 0.6) is 0 Å². The van der Waals surface area contributed by atoms with Crippen LogP contribution in [0.3, 0.4) is 0 Å². The van der Waals surface area contributed by atoms with Crippen molar-refractivity contribution in [2.24, 2.45) is 0 Å². The zero-order chi connectivity index (χ0) is 14.7. The molecule has 0 fully saturated rings. The molecule has 0 aliphatic rings. The van der Waals surface area contributed by atoms with Gasteiger partial charge >= 0.3 is 0 Å². The molecule has 2 aromatic rings. The molecule has 0 spiro atoms. The van der Waals surface area contributed by atoms with Gasteiger partial charge in [-0.25, -0.2) is 8.78 Å². The molecule has 0 aromatic heterocycles. The summed E-state index contributed by atoms with van der Waals surface area (Å²) in [7, 11) is 1.47. The molecule has 20 heavy (non-hydrogen) atoms. The van der Waals surface area contributed by atoms with Gasteiger partial charge in [0.1, 0.15) is 11.6 Å². The Hall–Kier alpha value is -1.94. The van der Waals surface area contributed by atoms with Crippen LogP contribution in [0.25, 0.3) is 0 Å². The number of nitrogens with zero attached hydrogens (tertiary/aromatic N) is 1. The molecule has 0 atom stereocenters. The van der Waals surface area contributed by atoms with E-state index in [1.165, 1.54) is 42.3 Å². The number of carbonyl (C=O) groups is 1. The zero-order valence-electron chi connectivity index (χ0n) is 10.7. The summed E-state index contributed by atoms with van der Waals surface area (Å²) in [5, 5.41) is 0.234. The van der Waals surface area contributed by atoms with Gasteiger partial charge in [0.15, 0.2) is 0 Å². The van der Waals surface area contributed by atoms with Gasteiger partial charge in [0.25, 0.3) is 5.91 Å². The van der Waals surface area contributed by atoms with Gasteiger partial charge in [-0.1, -0.05) is 29.8 Å². The summed E-state index contributed by atoms with van der Waals surface area (Å²) >= 11 is 5.90. The van der Waals surface area contributed by atoms with Crippen LogP contribution in [0, 0.1) is 11.6 Å². The lowest BCUT2D eigenvalue weighted by Gasteiger charge is -2.18. The fourth-order valence-corrected chi connectivity index (χ4v) is 2.06. The SMILES string of the molecule is CN(Cc1c(F)cccc1Cl)C(=O)c1ccccc1F. The lowest BCUT2D eigenvalue weighted by atomic mass is 10.1. The molecule has 0 saturated carbocycles. The maximum absolute atomic E-state index is 13.7. The number of amides is 1. The molecular formula is C15H12ClF2NO. The first-order valence-corrected chi connectivity index (χ1v) is 6.31. The maximum Gasteiger partial charge on any atom is 0.256 e. The monoisotopic (exact) mass is 295 g/mol. The fraction of sp³-hybridized carbons (Fsp3) is 0.133. The molecular weight excluding hydrogens is 284 g/mol.